The number of hydrogen-bond donors (Lipinski definition) is 2. The van der Waals surface area contributed by atoms with Gasteiger partial charge in [0.25, 0.3) is 0 Å². The molecule has 1 aromatic carbocycles. The van der Waals surface area contributed by atoms with E-state index in [4.69, 9.17) is 11.6 Å². The largest absolute Gasteiger partial charge is 0.323 e. The van der Waals surface area contributed by atoms with E-state index in [1.165, 1.54) is 18.2 Å². The minimum Gasteiger partial charge on any atom is -0.323 e. The van der Waals surface area contributed by atoms with E-state index in [9.17, 15) is 9.18 Å². The van der Waals surface area contributed by atoms with E-state index < -0.39 is 5.82 Å². The van der Waals surface area contributed by atoms with Crippen LogP contribution in [0, 0.1) is 5.82 Å². The number of rotatable bonds is 4. The van der Waals surface area contributed by atoms with Crippen LogP contribution < -0.4 is 10.6 Å². The number of nitrogens with one attached hydrogen (secondary N) is 2. The van der Waals surface area contributed by atoms with E-state index in [2.05, 4.69) is 10.6 Å². The fourth-order valence-corrected chi connectivity index (χ4v) is 3.14. The molecule has 0 saturated carbocycles. The molecule has 1 aromatic rings. The minimum atomic E-state index is -0.468. The number of thioether (sulfide) groups is 1. The van der Waals surface area contributed by atoms with Crippen molar-refractivity contribution < 1.29 is 9.18 Å². The van der Waals surface area contributed by atoms with Gasteiger partial charge in [0, 0.05) is 10.3 Å². The lowest BCUT2D eigenvalue weighted by atomic mass is 10.2. The van der Waals surface area contributed by atoms with Crippen LogP contribution in [0.25, 0.3) is 0 Å². The standard InChI is InChI=1S/C13H16ClFN2OS/c14-9-1-2-11(15)12(7-9)17-13(18)8-19-10-3-5-16-6-4-10/h1-2,7,10,16H,3-6,8H2,(H,17,18). The van der Waals surface area contributed by atoms with Crippen LogP contribution in [0.4, 0.5) is 10.1 Å². The van der Waals surface area contributed by atoms with Gasteiger partial charge in [0.05, 0.1) is 11.4 Å². The molecule has 0 atom stereocenters. The summed E-state index contributed by atoms with van der Waals surface area (Å²) in [5, 5.41) is 6.75. The molecule has 2 rings (SSSR count). The summed E-state index contributed by atoms with van der Waals surface area (Å²) in [5.74, 6) is -0.314. The Hall–Kier alpha value is -0.780. The Morgan fingerprint density at radius 1 is 1.47 bits per heavy atom. The summed E-state index contributed by atoms with van der Waals surface area (Å²) in [5.41, 5.74) is 0.142. The van der Waals surface area contributed by atoms with Gasteiger partial charge in [-0.15, -0.1) is 11.8 Å². The average Bonchev–Trinajstić information content (AvgIpc) is 2.42. The predicted molar refractivity (Wildman–Crippen MR) is 78.4 cm³/mol. The number of piperidine rings is 1. The van der Waals surface area contributed by atoms with Gasteiger partial charge in [-0.25, -0.2) is 4.39 Å². The number of carbonyl (C=O) groups excluding carboxylic acids is 1. The quantitative estimate of drug-likeness (QED) is 0.898. The van der Waals surface area contributed by atoms with Crippen LogP contribution >= 0.6 is 23.4 Å². The van der Waals surface area contributed by atoms with Gasteiger partial charge in [-0.2, -0.15) is 0 Å². The second-order valence-corrected chi connectivity index (χ2v) is 6.16. The highest BCUT2D eigenvalue weighted by Gasteiger charge is 2.15. The van der Waals surface area contributed by atoms with Gasteiger partial charge in [0.2, 0.25) is 5.91 Å². The first kappa shape index (κ1) is 14.6. The molecular weight excluding hydrogens is 287 g/mol. The van der Waals surface area contributed by atoms with Gasteiger partial charge < -0.3 is 10.6 Å². The van der Waals surface area contributed by atoms with Gasteiger partial charge in [0.1, 0.15) is 5.82 Å². The zero-order valence-electron chi connectivity index (χ0n) is 10.4. The van der Waals surface area contributed by atoms with Crippen LogP contribution in [-0.2, 0) is 4.79 Å². The number of hydrogen-bond acceptors (Lipinski definition) is 3. The SMILES string of the molecule is O=C(CSC1CCNCC1)Nc1cc(Cl)ccc1F. The second kappa shape index (κ2) is 7.12. The molecule has 104 valence electrons. The van der Waals surface area contributed by atoms with E-state index in [1.807, 2.05) is 0 Å². The maximum atomic E-state index is 13.4. The lowest BCUT2D eigenvalue weighted by Gasteiger charge is -2.21. The number of benzene rings is 1. The average molecular weight is 303 g/mol. The summed E-state index contributed by atoms with van der Waals surface area (Å²) in [6.07, 6.45) is 2.15. The molecule has 0 aliphatic carbocycles. The van der Waals surface area contributed by atoms with Gasteiger partial charge >= 0.3 is 0 Å². The Labute approximate surface area is 121 Å². The summed E-state index contributed by atoms with van der Waals surface area (Å²) < 4.78 is 13.4. The van der Waals surface area contributed by atoms with Crippen molar-refractivity contribution in [3.63, 3.8) is 0 Å². The third kappa shape index (κ3) is 4.67. The molecule has 1 fully saturated rings. The molecule has 3 nitrogen and oxygen atoms in total. The highest BCUT2D eigenvalue weighted by atomic mass is 35.5. The van der Waals surface area contributed by atoms with E-state index in [-0.39, 0.29) is 11.6 Å². The molecule has 1 amide bonds. The smallest absolute Gasteiger partial charge is 0.234 e. The van der Waals surface area contributed by atoms with E-state index >= 15 is 0 Å². The molecule has 0 bridgehead atoms. The van der Waals surface area contributed by atoms with Gasteiger partial charge in [-0.1, -0.05) is 11.6 Å². The molecule has 6 heteroatoms. The summed E-state index contributed by atoms with van der Waals surface area (Å²) in [7, 11) is 0. The second-order valence-electron chi connectivity index (χ2n) is 4.43. The Morgan fingerprint density at radius 3 is 2.95 bits per heavy atom. The normalized spacial score (nSPS) is 16.3. The van der Waals surface area contributed by atoms with Crippen molar-refractivity contribution in [2.24, 2.45) is 0 Å². The van der Waals surface area contributed by atoms with Crippen LogP contribution in [0.2, 0.25) is 5.02 Å². The summed E-state index contributed by atoms with van der Waals surface area (Å²) in [6, 6.07) is 4.12. The van der Waals surface area contributed by atoms with Crippen LogP contribution in [0.1, 0.15) is 12.8 Å². The first-order valence-electron chi connectivity index (χ1n) is 6.22. The van der Waals surface area contributed by atoms with Crippen LogP contribution in [0.5, 0.6) is 0 Å². The van der Waals surface area contributed by atoms with Crippen molar-refractivity contribution in [1.29, 1.82) is 0 Å². The number of amides is 1. The number of carbonyl (C=O) groups is 1. The predicted octanol–water partition coefficient (Wildman–Crippen LogP) is 2.90. The van der Waals surface area contributed by atoms with E-state index in [0.29, 0.717) is 16.0 Å². The van der Waals surface area contributed by atoms with Crippen LogP contribution in [-0.4, -0.2) is 30.0 Å². The summed E-state index contributed by atoms with van der Waals surface area (Å²) >= 11 is 7.40. The van der Waals surface area contributed by atoms with Crippen molar-refractivity contribution in [2.75, 3.05) is 24.2 Å². The maximum absolute atomic E-state index is 13.4. The molecule has 1 aliphatic heterocycles. The molecular formula is C13H16ClFN2OS. The molecule has 1 aliphatic rings. The molecule has 2 N–H and O–H groups in total. The first-order valence-corrected chi connectivity index (χ1v) is 7.65. The Bertz CT molecular complexity index is 452. The third-order valence-corrected chi connectivity index (χ3v) is 4.55. The minimum absolute atomic E-state index is 0.142. The third-order valence-electron chi connectivity index (χ3n) is 2.94. The molecule has 19 heavy (non-hydrogen) atoms. The number of anilines is 1. The Kier molecular flexibility index (Phi) is 5.48. The van der Waals surface area contributed by atoms with Crippen molar-refractivity contribution in [2.45, 2.75) is 18.1 Å². The van der Waals surface area contributed by atoms with Crippen molar-refractivity contribution in [1.82, 2.24) is 5.32 Å². The zero-order valence-corrected chi connectivity index (χ0v) is 12.0. The highest BCUT2D eigenvalue weighted by molar-refractivity contribution is 8.00. The van der Waals surface area contributed by atoms with E-state index in [0.717, 1.165) is 25.9 Å². The van der Waals surface area contributed by atoms with Crippen molar-refractivity contribution >= 4 is 35.0 Å². The molecule has 0 spiro atoms. The Balaban J connectivity index is 1.81. The fraction of sp³-hybridized carbons (Fsp3) is 0.462. The topological polar surface area (TPSA) is 41.1 Å². The fourth-order valence-electron chi connectivity index (χ4n) is 1.94. The molecule has 0 radical (unpaired) electrons. The van der Waals surface area contributed by atoms with Crippen molar-refractivity contribution in [3.8, 4) is 0 Å². The maximum Gasteiger partial charge on any atom is 0.234 e. The molecule has 0 unspecified atom stereocenters. The summed E-state index contributed by atoms with van der Waals surface area (Å²) in [4.78, 5) is 11.8. The molecule has 1 heterocycles. The first-order chi connectivity index (χ1) is 9.15. The lowest BCUT2D eigenvalue weighted by Crippen LogP contribution is -2.30. The van der Waals surface area contributed by atoms with Gasteiger partial charge in [-0.3, -0.25) is 4.79 Å². The zero-order chi connectivity index (χ0) is 13.7. The molecule has 0 aromatic heterocycles. The van der Waals surface area contributed by atoms with Crippen LogP contribution in [0.15, 0.2) is 18.2 Å². The van der Waals surface area contributed by atoms with Gasteiger partial charge in [-0.05, 0) is 44.1 Å². The number of halogens is 2. The molecule has 1 saturated heterocycles. The van der Waals surface area contributed by atoms with Crippen LogP contribution in [0.3, 0.4) is 0 Å². The monoisotopic (exact) mass is 302 g/mol. The van der Waals surface area contributed by atoms with Gasteiger partial charge in [0.15, 0.2) is 0 Å². The summed E-state index contributed by atoms with van der Waals surface area (Å²) in [6.45, 7) is 2.00. The Morgan fingerprint density at radius 2 is 2.21 bits per heavy atom. The van der Waals surface area contributed by atoms with Crippen molar-refractivity contribution in [3.05, 3.63) is 29.0 Å². The highest BCUT2D eigenvalue weighted by Crippen LogP contribution is 2.22. The lowest BCUT2D eigenvalue weighted by molar-refractivity contribution is -0.113. The van der Waals surface area contributed by atoms with E-state index in [1.54, 1.807) is 11.8 Å².